The molecule has 0 aromatic carbocycles. The molecule has 0 atom stereocenters. The summed E-state index contributed by atoms with van der Waals surface area (Å²) >= 11 is 0. The van der Waals surface area contributed by atoms with Crippen molar-refractivity contribution in [3.05, 3.63) is 11.4 Å². The largest absolute Gasteiger partial charge is 0.476 e. The molecule has 112 valence electrons. The summed E-state index contributed by atoms with van der Waals surface area (Å²) in [6.45, 7) is 7.70. The number of hydrogen-bond acceptors (Lipinski definition) is 4. The van der Waals surface area contributed by atoms with Gasteiger partial charge in [0.1, 0.15) is 6.54 Å². The van der Waals surface area contributed by atoms with Crippen LogP contribution in [-0.4, -0.2) is 38.0 Å². The third-order valence-corrected chi connectivity index (χ3v) is 3.17. The summed E-state index contributed by atoms with van der Waals surface area (Å²) in [4.78, 5) is 23.0. The summed E-state index contributed by atoms with van der Waals surface area (Å²) in [5.41, 5.74) is 0.382. The van der Waals surface area contributed by atoms with E-state index >= 15 is 0 Å². The van der Waals surface area contributed by atoms with Crippen molar-refractivity contribution in [2.75, 3.05) is 0 Å². The molecule has 0 spiro atoms. The molecule has 1 aromatic heterocycles. The van der Waals surface area contributed by atoms with Gasteiger partial charge in [-0.25, -0.2) is 9.48 Å². The number of carbonyl (C=O) groups excluding carboxylic acids is 1. The summed E-state index contributed by atoms with van der Waals surface area (Å²) in [7, 11) is 0. The lowest BCUT2D eigenvalue weighted by Gasteiger charge is -2.15. The van der Waals surface area contributed by atoms with Crippen molar-refractivity contribution >= 4 is 11.9 Å². The Balaban J connectivity index is 2.87. The Kier molecular flexibility index (Phi) is 5.66. The third kappa shape index (κ3) is 3.79. The molecule has 0 saturated heterocycles. The van der Waals surface area contributed by atoms with E-state index in [1.54, 1.807) is 0 Å². The number of hydrogen-bond donors (Lipinski definition) is 2. The number of carboxylic acid groups (broad SMARTS) is 1. The quantitative estimate of drug-likeness (QED) is 0.788. The van der Waals surface area contributed by atoms with Crippen LogP contribution in [0.3, 0.4) is 0 Å². The number of nitrogens with one attached hydrogen (secondary N) is 1. The molecule has 1 aromatic rings. The predicted molar refractivity (Wildman–Crippen MR) is 73.6 cm³/mol. The van der Waals surface area contributed by atoms with Gasteiger partial charge in [0, 0.05) is 6.04 Å². The normalized spacial score (nSPS) is 11.1. The van der Waals surface area contributed by atoms with E-state index in [0.717, 1.165) is 12.8 Å². The zero-order chi connectivity index (χ0) is 15.3. The number of rotatable bonds is 7. The van der Waals surface area contributed by atoms with Crippen molar-refractivity contribution in [1.82, 2.24) is 20.3 Å². The van der Waals surface area contributed by atoms with E-state index in [1.165, 1.54) is 4.68 Å². The first-order valence-corrected chi connectivity index (χ1v) is 6.86. The van der Waals surface area contributed by atoms with Crippen LogP contribution in [0, 0.1) is 0 Å². The van der Waals surface area contributed by atoms with E-state index < -0.39 is 5.97 Å². The molecule has 0 unspecified atom stereocenters. The first kappa shape index (κ1) is 16.1. The number of nitrogens with zero attached hydrogens (tertiary/aromatic N) is 3. The van der Waals surface area contributed by atoms with Crippen LogP contribution in [-0.2, 0) is 11.3 Å². The molecule has 1 rings (SSSR count). The Bertz CT molecular complexity index is 478. The van der Waals surface area contributed by atoms with Crippen LogP contribution in [0.2, 0.25) is 0 Å². The van der Waals surface area contributed by atoms with Gasteiger partial charge in [-0.1, -0.05) is 32.9 Å². The van der Waals surface area contributed by atoms with Crippen LogP contribution in [0.5, 0.6) is 0 Å². The number of carbonyl (C=O) groups is 2. The van der Waals surface area contributed by atoms with E-state index in [-0.39, 0.29) is 30.1 Å². The highest BCUT2D eigenvalue weighted by molar-refractivity contribution is 5.86. The minimum Gasteiger partial charge on any atom is -0.476 e. The van der Waals surface area contributed by atoms with Crippen molar-refractivity contribution in [2.45, 2.75) is 59.0 Å². The molecule has 0 aliphatic rings. The standard InChI is InChI=1S/C13H22N4O3/c1-5-9(6-2)14-10(18)7-17-12(8(3)4)11(13(19)20)15-16-17/h8-9H,5-7H2,1-4H3,(H,14,18)(H,19,20). The molecule has 7 heteroatoms. The maximum atomic E-state index is 11.9. The van der Waals surface area contributed by atoms with E-state index in [4.69, 9.17) is 5.11 Å². The number of carboxylic acids is 1. The molecule has 2 N–H and O–H groups in total. The van der Waals surface area contributed by atoms with Crippen LogP contribution in [0.1, 0.15) is 62.6 Å². The molecular weight excluding hydrogens is 260 g/mol. The van der Waals surface area contributed by atoms with Crippen LogP contribution < -0.4 is 5.32 Å². The molecular formula is C13H22N4O3. The summed E-state index contributed by atoms with van der Waals surface area (Å²) in [6, 6.07) is 0.132. The number of aromatic carboxylic acids is 1. The smallest absolute Gasteiger partial charge is 0.358 e. The summed E-state index contributed by atoms with van der Waals surface area (Å²) in [6.07, 6.45) is 1.72. The fourth-order valence-corrected chi connectivity index (χ4v) is 2.06. The zero-order valence-electron chi connectivity index (χ0n) is 12.4. The Hall–Kier alpha value is -1.92. The van der Waals surface area contributed by atoms with Gasteiger partial charge in [-0.05, 0) is 18.8 Å². The van der Waals surface area contributed by atoms with Gasteiger partial charge in [-0.2, -0.15) is 0 Å². The van der Waals surface area contributed by atoms with Crippen LogP contribution >= 0.6 is 0 Å². The first-order valence-electron chi connectivity index (χ1n) is 6.86. The molecule has 0 aliphatic carbocycles. The van der Waals surface area contributed by atoms with Gasteiger partial charge in [0.2, 0.25) is 5.91 Å². The van der Waals surface area contributed by atoms with Crippen LogP contribution in [0.4, 0.5) is 0 Å². The molecule has 1 heterocycles. The van der Waals surface area contributed by atoms with Crippen molar-refractivity contribution in [3.63, 3.8) is 0 Å². The molecule has 0 fully saturated rings. The van der Waals surface area contributed by atoms with Gasteiger partial charge >= 0.3 is 5.97 Å². The van der Waals surface area contributed by atoms with Crippen LogP contribution in [0.25, 0.3) is 0 Å². The second-order valence-electron chi connectivity index (χ2n) is 5.02. The fourth-order valence-electron chi connectivity index (χ4n) is 2.06. The monoisotopic (exact) mass is 282 g/mol. The lowest BCUT2D eigenvalue weighted by molar-refractivity contribution is -0.122. The average molecular weight is 282 g/mol. The minimum atomic E-state index is -1.12. The summed E-state index contributed by atoms with van der Waals surface area (Å²) < 4.78 is 1.37. The van der Waals surface area contributed by atoms with Gasteiger partial charge in [-0.3, -0.25) is 4.79 Å². The van der Waals surface area contributed by atoms with E-state index in [9.17, 15) is 9.59 Å². The highest BCUT2D eigenvalue weighted by atomic mass is 16.4. The van der Waals surface area contributed by atoms with Crippen molar-refractivity contribution in [2.24, 2.45) is 0 Å². The Morgan fingerprint density at radius 2 is 1.90 bits per heavy atom. The fraction of sp³-hybridized carbons (Fsp3) is 0.692. The Morgan fingerprint density at radius 3 is 2.35 bits per heavy atom. The average Bonchev–Trinajstić information content (AvgIpc) is 2.79. The number of aromatic nitrogens is 3. The lowest BCUT2D eigenvalue weighted by Crippen LogP contribution is -2.36. The maximum Gasteiger partial charge on any atom is 0.358 e. The lowest BCUT2D eigenvalue weighted by atomic mass is 10.1. The second-order valence-corrected chi connectivity index (χ2v) is 5.02. The first-order chi connectivity index (χ1) is 9.40. The van der Waals surface area contributed by atoms with Gasteiger partial charge in [-0.15, -0.1) is 5.10 Å². The minimum absolute atomic E-state index is 0.00963. The zero-order valence-corrected chi connectivity index (χ0v) is 12.4. The Morgan fingerprint density at radius 1 is 1.30 bits per heavy atom. The molecule has 0 saturated carbocycles. The second kappa shape index (κ2) is 7.02. The highest BCUT2D eigenvalue weighted by Gasteiger charge is 2.22. The van der Waals surface area contributed by atoms with Gasteiger partial charge in [0.05, 0.1) is 5.69 Å². The van der Waals surface area contributed by atoms with E-state index in [1.807, 2.05) is 27.7 Å². The van der Waals surface area contributed by atoms with Gasteiger partial charge < -0.3 is 10.4 Å². The topological polar surface area (TPSA) is 97.1 Å². The van der Waals surface area contributed by atoms with Crippen molar-refractivity contribution in [3.8, 4) is 0 Å². The maximum absolute atomic E-state index is 11.9. The highest BCUT2D eigenvalue weighted by Crippen LogP contribution is 2.17. The predicted octanol–water partition coefficient (Wildman–Crippen LogP) is 1.40. The van der Waals surface area contributed by atoms with E-state index in [0.29, 0.717) is 5.69 Å². The summed E-state index contributed by atoms with van der Waals surface area (Å²) in [5.74, 6) is -1.38. The molecule has 0 bridgehead atoms. The van der Waals surface area contributed by atoms with Crippen molar-refractivity contribution < 1.29 is 14.7 Å². The van der Waals surface area contributed by atoms with Crippen LogP contribution in [0.15, 0.2) is 0 Å². The molecule has 0 radical (unpaired) electrons. The van der Waals surface area contributed by atoms with Crippen molar-refractivity contribution in [1.29, 1.82) is 0 Å². The third-order valence-electron chi connectivity index (χ3n) is 3.17. The van der Waals surface area contributed by atoms with Gasteiger partial charge in [0.25, 0.3) is 0 Å². The SMILES string of the molecule is CCC(CC)NC(=O)Cn1nnc(C(=O)O)c1C(C)C. The van der Waals surface area contributed by atoms with Gasteiger partial charge in [0.15, 0.2) is 5.69 Å². The molecule has 7 nitrogen and oxygen atoms in total. The number of amides is 1. The molecule has 0 aliphatic heterocycles. The molecule has 1 amide bonds. The van der Waals surface area contributed by atoms with E-state index in [2.05, 4.69) is 15.6 Å². The Labute approximate surface area is 118 Å². The summed E-state index contributed by atoms with van der Waals surface area (Å²) in [5, 5.41) is 19.4. The molecule has 20 heavy (non-hydrogen) atoms.